The largest absolute Gasteiger partial charge is 0.345 e. The summed E-state index contributed by atoms with van der Waals surface area (Å²) in [6.45, 7) is 1.92. The summed E-state index contributed by atoms with van der Waals surface area (Å²) in [6.07, 6.45) is 0.664. The van der Waals surface area contributed by atoms with Gasteiger partial charge in [-0.05, 0) is 42.3 Å². The maximum atomic E-state index is 13.2. The average molecular weight is 310 g/mol. The minimum atomic E-state index is -1.04. The number of hydrogen-bond acceptors (Lipinski definition) is 1. The van der Waals surface area contributed by atoms with Crippen molar-refractivity contribution in [3.8, 4) is 0 Å². The maximum absolute atomic E-state index is 13.2. The zero-order valence-corrected chi connectivity index (χ0v) is 12.1. The fourth-order valence-electron chi connectivity index (χ4n) is 2.00. The summed E-state index contributed by atoms with van der Waals surface area (Å²) in [5.41, 5.74) is 0.985. The van der Waals surface area contributed by atoms with E-state index in [0.29, 0.717) is 11.4 Å². The van der Waals surface area contributed by atoms with Crippen LogP contribution >= 0.6 is 11.6 Å². The van der Waals surface area contributed by atoms with Gasteiger partial charge in [0.15, 0.2) is 11.6 Å². The second-order valence-electron chi connectivity index (χ2n) is 4.61. The second kappa shape index (κ2) is 6.68. The molecule has 0 aliphatic carbocycles. The maximum Gasteiger partial charge on any atom is 0.251 e. The third kappa shape index (κ3) is 3.79. The lowest BCUT2D eigenvalue weighted by Gasteiger charge is -2.17. The van der Waals surface area contributed by atoms with Crippen LogP contribution < -0.4 is 5.32 Å². The van der Waals surface area contributed by atoms with Crippen LogP contribution in [0.5, 0.6) is 0 Å². The molecule has 0 aliphatic rings. The summed E-state index contributed by atoms with van der Waals surface area (Å²) in [5.74, 6) is -2.46. The van der Waals surface area contributed by atoms with Crippen LogP contribution in [0.4, 0.5) is 8.78 Å². The molecule has 2 rings (SSSR count). The summed E-state index contributed by atoms with van der Waals surface area (Å²) < 4.78 is 26.0. The van der Waals surface area contributed by atoms with Gasteiger partial charge in [-0.15, -0.1) is 0 Å². The van der Waals surface area contributed by atoms with Gasteiger partial charge in [-0.25, -0.2) is 8.78 Å². The number of nitrogens with one attached hydrogen (secondary N) is 1. The number of amides is 1. The molecule has 0 radical (unpaired) electrons. The van der Waals surface area contributed by atoms with Gasteiger partial charge < -0.3 is 5.32 Å². The highest BCUT2D eigenvalue weighted by molar-refractivity contribution is 6.30. The molecule has 1 N–H and O–H groups in total. The average Bonchev–Trinajstić information content (AvgIpc) is 2.48. The van der Waals surface area contributed by atoms with E-state index in [1.54, 1.807) is 12.1 Å². The topological polar surface area (TPSA) is 29.1 Å². The molecular formula is C16H14ClF2NO. The predicted octanol–water partition coefficient (Wildman–Crippen LogP) is 4.50. The molecule has 2 nitrogen and oxygen atoms in total. The SMILES string of the molecule is CC[C@@H](NC(=O)c1ccc(F)c(F)c1)c1ccc(Cl)cc1. The quantitative estimate of drug-likeness (QED) is 0.885. The Morgan fingerprint density at radius 1 is 1.14 bits per heavy atom. The minimum Gasteiger partial charge on any atom is -0.345 e. The van der Waals surface area contributed by atoms with Crippen LogP contribution in [-0.4, -0.2) is 5.91 Å². The first-order valence-electron chi connectivity index (χ1n) is 6.52. The Kier molecular flexibility index (Phi) is 4.91. The van der Waals surface area contributed by atoms with Crippen molar-refractivity contribution in [3.05, 3.63) is 70.2 Å². The van der Waals surface area contributed by atoms with Crippen LogP contribution in [0, 0.1) is 11.6 Å². The summed E-state index contributed by atoms with van der Waals surface area (Å²) >= 11 is 5.83. The Morgan fingerprint density at radius 2 is 1.81 bits per heavy atom. The van der Waals surface area contributed by atoms with Gasteiger partial charge in [-0.3, -0.25) is 4.79 Å². The van der Waals surface area contributed by atoms with Crippen molar-refractivity contribution in [1.29, 1.82) is 0 Å². The normalized spacial score (nSPS) is 12.0. The van der Waals surface area contributed by atoms with Crippen LogP contribution in [-0.2, 0) is 0 Å². The Labute approximate surface area is 126 Å². The molecule has 1 atom stereocenters. The summed E-state index contributed by atoms with van der Waals surface area (Å²) in [5, 5.41) is 3.41. The molecule has 0 aliphatic heterocycles. The van der Waals surface area contributed by atoms with E-state index in [2.05, 4.69) is 5.32 Å². The van der Waals surface area contributed by atoms with Crippen molar-refractivity contribution in [2.75, 3.05) is 0 Å². The smallest absolute Gasteiger partial charge is 0.251 e. The van der Waals surface area contributed by atoms with Gasteiger partial charge in [-0.2, -0.15) is 0 Å². The summed E-state index contributed by atoms with van der Waals surface area (Å²) in [7, 11) is 0. The van der Waals surface area contributed by atoms with Crippen LogP contribution in [0.15, 0.2) is 42.5 Å². The van der Waals surface area contributed by atoms with Gasteiger partial charge in [0.25, 0.3) is 5.91 Å². The molecular weight excluding hydrogens is 296 g/mol. The minimum absolute atomic E-state index is 0.0845. The van der Waals surface area contributed by atoms with E-state index in [0.717, 1.165) is 17.7 Å². The zero-order valence-electron chi connectivity index (χ0n) is 11.4. The van der Waals surface area contributed by atoms with E-state index in [9.17, 15) is 13.6 Å². The Morgan fingerprint density at radius 3 is 2.38 bits per heavy atom. The number of halogens is 3. The van der Waals surface area contributed by atoms with Gasteiger partial charge in [0.05, 0.1) is 6.04 Å². The first-order valence-corrected chi connectivity index (χ1v) is 6.90. The first-order chi connectivity index (χ1) is 10.0. The van der Waals surface area contributed by atoms with Crippen LogP contribution in [0.1, 0.15) is 35.3 Å². The third-order valence-corrected chi connectivity index (χ3v) is 3.42. The highest BCUT2D eigenvalue weighted by atomic mass is 35.5. The van der Waals surface area contributed by atoms with Crippen molar-refractivity contribution < 1.29 is 13.6 Å². The lowest BCUT2D eigenvalue weighted by Crippen LogP contribution is -2.28. The molecule has 2 aromatic rings. The molecule has 0 spiro atoms. The standard InChI is InChI=1S/C16H14ClF2NO/c1-2-15(10-3-6-12(17)7-4-10)20-16(21)11-5-8-13(18)14(19)9-11/h3-9,15H,2H2,1H3,(H,20,21)/t15-/m1/s1. The molecule has 0 bridgehead atoms. The molecule has 2 aromatic carbocycles. The highest BCUT2D eigenvalue weighted by Gasteiger charge is 2.15. The van der Waals surface area contributed by atoms with Crippen LogP contribution in [0.3, 0.4) is 0 Å². The van der Waals surface area contributed by atoms with E-state index in [-0.39, 0.29) is 11.6 Å². The zero-order chi connectivity index (χ0) is 15.4. The van der Waals surface area contributed by atoms with Crippen molar-refractivity contribution >= 4 is 17.5 Å². The Hall–Kier alpha value is -1.94. The monoisotopic (exact) mass is 309 g/mol. The molecule has 21 heavy (non-hydrogen) atoms. The predicted molar refractivity (Wildman–Crippen MR) is 78.3 cm³/mol. The molecule has 5 heteroatoms. The molecule has 0 saturated carbocycles. The molecule has 1 amide bonds. The molecule has 0 fully saturated rings. The Bertz CT molecular complexity index is 643. The van der Waals surface area contributed by atoms with Gasteiger partial charge in [0, 0.05) is 10.6 Å². The molecule has 0 saturated heterocycles. The van der Waals surface area contributed by atoms with Crippen molar-refractivity contribution in [3.63, 3.8) is 0 Å². The Balaban J connectivity index is 2.15. The van der Waals surface area contributed by atoms with E-state index >= 15 is 0 Å². The number of benzene rings is 2. The first kappa shape index (κ1) is 15.4. The molecule has 0 unspecified atom stereocenters. The second-order valence-corrected chi connectivity index (χ2v) is 5.05. The van der Waals surface area contributed by atoms with E-state index in [4.69, 9.17) is 11.6 Å². The van der Waals surface area contributed by atoms with E-state index < -0.39 is 17.5 Å². The van der Waals surface area contributed by atoms with Gasteiger partial charge in [0.2, 0.25) is 0 Å². The van der Waals surface area contributed by atoms with Crippen molar-refractivity contribution in [2.45, 2.75) is 19.4 Å². The van der Waals surface area contributed by atoms with E-state index in [1.165, 1.54) is 6.07 Å². The molecule has 110 valence electrons. The molecule has 0 heterocycles. The summed E-state index contributed by atoms with van der Waals surface area (Å²) in [6, 6.07) is 9.98. The number of rotatable bonds is 4. The lowest BCUT2D eigenvalue weighted by molar-refractivity contribution is 0.0935. The summed E-state index contributed by atoms with van der Waals surface area (Å²) in [4.78, 5) is 12.1. The lowest BCUT2D eigenvalue weighted by atomic mass is 10.0. The van der Waals surface area contributed by atoms with Crippen LogP contribution in [0.2, 0.25) is 5.02 Å². The molecule has 0 aromatic heterocycles. The highest BCUT2D eigenvalue weighted by Crippen LogP contribution is 2.20. The van der Waals surface area contributed by atoms with E-state index in [1.807, 2.05) is 19.1 Å². The van der Waals surface area contributed by atoms with Gasteiger partial charge >= 0.3 is 0 Å². The fourth-order valence-corrected chi connectivity index (χ4v) is 2.12. The third-order valence-electron chi connectivity index (χ3n) is 3.17. The van der Waals surface area contributed by atoms with Crippen molar-refractivity contribution in [1.82, 2.24) is 5.32 Å². The fraction of sp³-hybridized carbons (Fsp3) is 0.188. The van der Waals surface area contributed by atoms with Gasteiger partial charge in [0.1, 0.15) is 0 Å². The number of carbonyl (C=O) groups excluding carboxylic acids is 1. The van der Waals surface area contributed by atoms with Gasteiger partial charge in [-0.1, -0.05) is 30.7 Å². The number of carbonyl (C=O) groups is 1. The van der Waals surface area contributed by atoms with Crippen molar-refractivity contribution in [2.24, 2.45) is 0 Å². The van der Waals surface area contributed by atoms with Crippen LogP contribution in [0.25, 0.3) is 0 Å². The number of hydrogen-bond donors (Lipinski definition) is 1.